The Hall–Kier alpha value is -0.810. The lowest BCUT2D eigenvalue weighted by atomic mass is 10.1. The van der Waals surface area contributed by atoms with Gasteiger partial charge >= 0.3 is 6.09 Å². The van der Waals surface area contributed by atoms with Gasteiger partial charge in [0.15, 0.2) is 0 Å². The highest BCUT2D eigenvalue weighted by atomic mass is 16.6. The number of nitrogens with one attached hydrogen (secondary N) is 2. The molecule has 0 saturated carbocycles. The first-order chi connectivity index (χ1) is 9.26. The second kappa shape index (κ2) is 7.84. The van der Waals surface area contributed by atoms with Crippen LogP contribution in [0, 0.1) is 5.92 Å². The lowest BCUT2D eigenvalue weighted by Crippen LogP contribution is -2.37. The molecule has 1 heterocycles. The first-order valence-corrected chi connectivity index (χ1v) is 7.69. The molecule has 0 aromatic rings. The maximum absolute atomic E-state index is 11.6. The van der Waals surface area contributed by atoms with Crippen LogP contribution in [0.5, 0.6) is 0 Å². The summed E-state index contributed by atoms with van der Waals surface area (Å²) in [5.74, 6) is 0.543. The Balaban J connectivity index is 2.13. The molecule has 0 aromatic carbocycles. The molecule has 1 fully saturated rings. The Morgan fingerprint density at radius 2 is 2.10 bits per heavy atom. The Kier molecular flexibility index (Phi) is 6.76. The van der Waals surface area contributed by atoms with Crippen molar-refractivity contribution in [1.82, 2.24) is 15.5 Å². The van der Waals surface area contributed by atoms with Crippen LogP contribution in [0.4, 0.5) is 4.79 Å². The van der Waals surface area contributed by atoms with E-state index in [2.05, 4.69) is 29.4 Å². The van der Waals surface area contributed by atoms with Crippen molar-refractivity contribution in [1.29, 1.82) is 0 Å². The van der Waals surface area contributed by atoms with E-state index >= 15 is 0 Å². The molecule has 5 nitrogen and oxygen atoms in total. The van der Waals surface area contributed by atoms with Gasteiger partial charge in [-0.25, -0.2) is 4.79 Å². The van der Waals surface area contributed by atoms with Crippen molar-refractivity contribution < 1.29 is 9.53 Å². The molecule has 1 amide bonds. The van der Waals surface area contributed by atoms with Gasteiger partial charge in [0.05, 0.1) is 0 Å². The lowest BCUT2D eigenvalue weighted by molar-refractivity contribution is 0.0519. The molecule has 1 saturated heterocycles. The number of carbonyl (C=O) groups excluding carboxylic acids is 1. The van der Waals surface area contributed by atoms with Crippen LogP contribution in [-0.2, 0) is 4.74 Å². The number of amides is 1. The zero-order chi connectivity index (χ0) is 15.2. The summed E-state index contributed by atoms with van der Waals surface area (Å²) in [5.41, 5.74) is -0.422. The molecule has 0 radical (unpaired) electrons. The number of rotatable bonds is 6. The van der Waals surface area contributed by atoms with Crippen LogP contribution in [0.1, 0.15) is 41.0 Å². The van der Waals surface area contributed by atoms with Crippen LogP contribution in [0.15, 0.2) is 0 Å². The molecular weight excluding hydrogens is 254 g/mol. The number of hydrogen-bond acceptors (Lipinski definition) is 4. The number of alkyl carbamates (subject to hydrolysis) is 1. The minimum atomic E-state index is -0.422. The van der Waals surface area contributed by atoms with Gasteiger partial charge < -0.3 is 20.3 Å². The molecule has 1 atom stereocenters. The summed E-state index contributed by atoms with van der Waals surface area (Å²) < 4.78 is 5.24. The average molecular weight is 285 g/mol. The fraction of sp³-hybridized carbons (Fsp3) is 0.933. The second-order valence-corrected chi connectivity index (χ2v) is 6.95. The molecular formula is C15H31N3O2. The molecule has 2 N–H and O–H groups in total. The molecule has 118 valence electrons. The molecule has 0 spiro atoms. The van der Waals surface area contributed by atoms with E-state index in [-0.39, 0.29) is 6.09 Å². The summed E-state index contributed by atoms with van der Waals surface area (Å²) in [6.45, 7) is 15.0. The zero-order valence-corrected chi connectivity index (χ0v) is 13.7. The van der Waals surface area contributed by atoms with Crippen LogP contribution in [0.3, 0.4) is 0 Å². The van der Waals surface area contributed by atoms with Gasteiger partial charge in [-0.2, -0.15) is 0 Å². The van der Waals surface area contributed by atoms with Crippen LogP contribution >= 0.6 is 0 Å². The van der Waals surface area contributed by atoms with Gasteiger partial charge in [0.1, 0.15) is 5.60 Å². The number of hydrogen-bond donors (Lipinski definition) is 2. The Morgan fingerprint density at radius 3 is 2.70 bits per heavy atom. The maximum Gasteiger partial charge on any atom is 0.407 e. The molecule has 0 aromatic heterocycles. The molecule has 1 rings (SSSR count). The van der Waals surface area contributed by atoms with Gasteiger partial charge in [-0.05, 0) is 39.7 Å². The molecule has 1 aliphatic heterocycles. The van der Waals surface area contributed by atoms with Gasteiger partial charge in [-0.1, -0.05) is 13.8 Å². The first kappa shape index (κ1) is 17.2. The standard InChI is InChI=1S/C15H31N3O2/c1-12(2)16-7-9-18-8-6-13(11-18)10-17-14(19)20-15(3,4)5/h12-13,16H,6-11H2,1-5H3,(H,17,19). The van der Waals surface area contributed by atoms with Crippen LogP contribution < -0.4 is 10.6 Å². The number of likely N-dealkylation sites (tertiary alicyclic amines) is 1. The predicted molar refractivity (Wildman–Crippen MR) is 81.9 cm³/mol. The SMILES string of the molecule is CC(C)NCCN1CCC(CNC(=O)OC(C)(C)C)C1. The smallest absolute Gasteiger partial charge is 0.407 e. The normalized spacial score (nSPS) is 20.4. The van der Waals surface area contributed by atoms with Crippen molar-refractivity contribution in [2.45, 2.75) is 52.7 Å². The summed E-state index contributed by atoms with van der Waals surface area (Å²) in [5, 5.41) is 6.30. The van der Waals surface area contributed by atoms with E-state index in [0.717, 1.165) is 32.6 Å². The van der Waals surface area contributed by atoms with E-state index in [0.29, 0.717) is 18.5 Å². The van der Waals surface area contributed by atoms with Crippen LogP contribution in [0.2, 0.25) is 0 Å². The number of ether oxygens (including phenoxy) is 1. The largest absolute Gasteiger partial charge is 0.444 e. The van der Waals surface area contributed by atoms with E-state index in [1.54, 1.807) is 0 Å². The zero-order valence-electron chi connectivity index (χ0n) is 13.7. The van der Waals surface area contributed by atoms with Crippen LogP contribution in [-0.4, -0.2) is 55.4 Å². The van der Waals surface area contributed by atoms with Crippen LogP contribution in [0.25, 0.3) is 0 Å². The summed E-state index contributed by atoms with van der Waals surface area (Å²) >= 11 is 0. The average Bonchev–Trinajstić information content (AvgIpc) is 2.71. The topological polar surface area (TPSA) is 53.6 Å². The van der Waals surface area contributed by atoms with Crippen molar-refractivity contribution in [2.24, 2.45) is 5.92 Å². The molecule has 1 unspecified atom stereocenters. The maximum atomic E-state index is 11.6. The summed E-state index contributed by atoms with van der Waals surface area (Å²) in [7, 11) is 0. The third kappa shape index (κ3) is 7.70. The fourth-order valence-electron chi connectivity index (χ4n) is 2.34. The highest BCUT2D eigenvalue weighted by Gasteiger charge is 2.23. The van der Waals surface area contributed by atoms with E-state index in [1.807, 2.05) is 20.8 Å². The van der Waals surface area contributed by atoms with Gasteiger partial charge in [-0.3, -0.25) is 0 Å². The number of nitrogens with zero attached hydrogens (tertiary/aromatic N) is 1. The second-order valence-electron chi connectivity index (χ2n) is 6.95. The minimum Gasteiger partial charge on any atom is -0.444 e. The third-order valence-corrected chi connectivity index (χ3v) is 3.28. The molecule has 1 aliphatic rings. The Labute approximate surface area is 123 Å². The van der Waals surface area contributed by atoms with Crippen molar-refractivity contribution in [2.75, 3.05) is 32.7 Å². The highest BCUT2D eigenvalue weighted by molar-refractivity contribution is 5.67. The third-order valence-electron chi connectivity index (χ3n) is 3.28. The van der Waals surface area contributed by atoms with E-state index in [4.69, 9.17) is 4.74 Å². The van der Waals surface area contributed by atoms with Gasteiger partial charge in [0.25, 0.3) is 0 Å². The van der Waals surface area contributed by atoms with E-state index < -0.39 is 5.60 Å². The molecule has 0 bridgehead atoms. The monoisotopic (exact) mass is 285 g/mol. The Bertz CT molecular complexity index is 300. The quantitative estimate of drug-likeness (QED) is 0.782. The summed E-state index contributed by atoms with van der Waals surface area (Å²) in [4.78, 5) is 14.0. The highest BCUT2D eigenvalue weighted by Crippen LogP contribution is 2.15. The lowest BCUT2D eigenvalue weighted by Gasteiger charge is -2.21. The Morgan fingerprint density at radius 1 is 1.40 bits per heavy atom. The predicted octanol–water partition coefficient (Wildman–Crippen LogP) is 1.83. The molecule has 5 heteroatoms. The number of carbonyl (C=O) groups is 1. The van der Waals surface area contributed by atoms with Crippen molar-refractivity contribution in [3.63, 3.8) is 0 Å². The van der Waals surface area contributed by atoms with Crippen molar-refractivity contribution >= 4 is 6.09 Å². The summed E-state index contributed by atoms with van der Waals surface area (Å²) in [6, 6.07) is 0.544. The van der Waals surface area contributed by atoms with E-state index in [9.17, 15) is 4.79 Å². The fourth-order valence-corrected chi connectivity index (χ4v) is 2.34. The van der Waals surface area contributed by atoms with Crippen molar-refractivity contribution in [3.05, 3.63) is 0 Å². The van der Waals surface area contributed by atoms with Gasteiger partial charge in [0.2, 0.25) is 0 Å². The minimum absolute atomic E-state index is 0.308. The van der Waals surface area contributed by atoms with E-state index in [1.165, 1.54) is 0 Å². The van der Waals surface area contributed by atoms with Gasteiger partial charge in [0, 0.05) is 32.2 Å². The first-order valence-electron chi connectivity index (χ1n) is 7.69. The molecule has 20 heavy (non-hydrogen) atoms. The summed E-state index contributed by atoms with van der Waals surface area (Å²) in [6.07, 6.45) is 0.842. The van der Waals surface area contributed by atoms with Crippen molar-refractivity contribution in [3.8, 4) is 0 Å². The van der Waals surface area contributed by atoms with Gasteiger partial charge in [-0.15, -0.1) is 0 Å². The molecule has 0 aliphatic carbocycles.